The minimum absolute atomic E-state index is 0. The maximum atomic E-state index is 13.3. The minimum Gasteiger partial charge on any atom is -0.512 e. The second kappa shape index (κ2) is 63.3. The number of fused-ring (bicyclic) bond motifs is 8. The number of rotatable bonds is 11. The molecule has 0 bridgehead atoms. The summed E-state index contributed by atoms with van der Waals surface area (Å²) in [6, 6.07) is 148. The van der Waals surface area contributed by atoms with E-state index in [1.165, 1.54) is 62.4 Å². The van der Waals surface area contributed by atoms with E-state index in [1.54, 1.807) is 56.4 Å². The van der Waals surface area contributed by atoms with Gasteiger partial charge in [0.25, 0.3) is 0 Å². The van der Waals surface area contributed by atoms with Crippen LogP contribution in [0.15, 0.2) is 464 Å². The Hall–Kier alpha value is -15.3. The van der Waals surface area contributed by atoms with Crippen molar-refractivity contribution in [3.8, 4) is 101 Å². The van der Waals surface area contributed by atoms with Crippen LogP contribution >= 0.6 is 0 Å². The third-order valence-electron chi connectivity index (χ3n) is 21.2. The second-order valence-corrected chi connectivity index (χ2v) is 31.9. The molecule has 23 aromatic rings. The number of hydrogen-bond donors (Lipinski definition) is 2. The Labute approximate surface area is 938 Å². The first-order chi connectivity index (χ1) is 69.4. The number of halogens is 1. The van der Waals surface area contributed by atoms with Gasteiger partial charge >= 0.3 is 0 Å². The molecule has 5 radical (unpaired) electrons. The molecule has 0 fully saturated rings. The minimum atomic E-state index is -0.237. The third-order valence-corrected chi connectivity index (χ3v) is 21.2. The van der Waals surface area contributed by atoms with Gasteiger partial charge in [-0.15, -0.1) is 233 Å². The van der Waals surface area contributed by atoms with E-state index in [2.05, 4.69) is 150 Å². The Bertz CT molecular complexity index is 7680. The van der Waals surface area contributed by atoms with Gasteiger partial charge in [-0.1, -0.05) is 230 Å². The van der Waals surface area contributed by atoms with Gasteiger partial charge in [-0.05, 0) is 164 Å². The zero-order valence-corrected chi connectivity index (χ0v) is 92.7. The summed E-state index contributed by atoms with van der Waals surface area (Å²) in [5, 5.41) is 25.8. The molecule has 2 N–H and O–H groups in total. The molecular formula is C128H104FIr5N9O6-8. The number of carbonyl (C=O) groups excluding carboxylic acids is 2. The number of pyridine rings is 9. The summed E-state index contributed by atoms with van der Waals surface area (Å²) in [6.45, 7) is 11.6. The average molecular weight is 2840 g/mol. The van der Waals surface area contributed by atoms with Gasteiger partial charge in [-0.3, -0.25) is 23.9 Å². The molecule has 12 aromatic carbocycles. The van der Waals surface area contributed by atoms with Crippen molar-refractivity contribution in [1.29, 1.82) is 0 Å². The Morgan fingerprint density at radius 1 is 0.295 bits per heavy atom. The number of para-hydroxylation sites is 2. The number of hydrogen-bond acceptors (Lipinski definition) is 15. The van der Waals surface area contributed by atoms with E-state index in [0.29, 0.717) is 5.56 Å². The van der Waals surface area contributed by atoms with Crippen LogP contribution in [-0.4, -0.2) is 66.6 Å². The summed E-state index contributed by atoms with van der Waals surface area (Å²) in [5.41, 5.74) is 23.8. The van der Waals surface area contributed by atoms with E-state index in [0.717, 1.165) is 161 Å². The Morgan fingerprint density at radius 2 is 0.658 bits per heavy atom. The maximum Gasteiger partial charge on any atom is 0.155 e. The molecular weight excluding hydrogens is 2740 g/mol. The number of aliphatic hydroxyl groups excluding tert-OH is 2. The van der Waals surface area contributed by atoms with Gasteiger partial charge < -0.3 is 53.9 Å². The number of ketones is 2. The number of aliphatic hydroxyl groups is 2. The zero-order chi connectivity index (χ0) is 99.0. The zero-order valence-electron chi connectivity index (χ0n) is 80.7. The predicted octanol–water partition coefficient (Wildman–Crippen LogP) is 32.0. The first-order valence-electron chi connectivity index (χ1n) is 45.5. The summed E-state index contributed by atoms with van der Waals surface area (Å²) >= 11 is 0. The topological polar surface area (TPSA) is 217 Å². The summed E-state index contributed by atoms with van der Waals surface area (Å²) in [5.74, 6) is -0.362. The number of aryl methyl sites for hydroxylation is 3. The molecule has 0 aliphatic carbocycles. The summed E-state index contributed by atoms with van der Waals surface area (Å²) in [7, 11) is 0. The van der Waals surface area contributed by atoms with Gasteiger partial charge in [-0.2, -0.15) is 0 Å². The predicted molar refractivity (Wildman–Crippen MR) is 583 cm³/mol. The van der Waals surface area contributed by atoms with Crippen LogP contribution in [0, 0.1) is 75.1 Å². The molecule has 0 spiro atoms. The molecule has 0 saturated carbocycles. The summed E-state index contributed by atoms with van der Waals surface area (Å²) in [4.78, 5) is 59.0. The molecule has 11 aromatic heterocycles. The van der Waals surface area contributed by atoms with Crippen molar-refractivity contribution in [2.75, 3.05) is 0 Å². The molecule has 149 heavy (non-hydrogen) atoms. The second-order valence-electron chi connectivity index (χ2n) is 31.9. The van der Waals surface area contributed by atoms with Gasteiger partial charge in [0.2, 0.25) is 0 Å². The molecule has 21 heteroatoms. The standard InChI is InChI=1S/C18H12NO.C17H10NO.C16H11FN.C16H11N2.C16H12N.3C11H8N.2C5H8O2.2CH4.5Ir/c1-12-9-10-19-16(11-12)15-7-4-6-14-13-5-2-3-8-17(13)20-18(14)15;1-2-10-16-12(6-1)13-7-5-8-14(17(13)19-16)15-9-3-4-11-18-15;1-11-10-13(6-7-15(11)17)16-14-5-3-2-4-12(14)8-9-18-16;1-2-6-13(7-3-1)16-12-14(9-11-18-16)15-8-4-5-10-17-15;1-12-10-14(16-8-4-5-9-17-16)11-13-6-2-3-7-15(12)13;3*1-2-6-10(7-3-1)11-8-4-5-9-12-11;2*1-4(6)3-5(2)7;;;;;;;/h2-6,8-11H,1H3;1-7,9-11H;2-5,7-10H,1H3;1-6,8-12H;2-10H,1H3;3*1-6,8-9H;2*3,6H,1-2H3;2*1H4;;;;;/q8*-1;;;;;;;;;. The van der Waals surface area contributed by atoms with Crippen LogP contribution in [0.1, 0.15) is 59.2 Å². The van der Waals surface area contributed by atoms with Crippen LogP contribution in [0.3, 0.4) is 0 Å². The van der Waals surface area contributed by atoms with Gasteiger partial charge in [-0.25, -0.2) is 0 Å². The van der Waals surface area contributed by atoms with Crippen molar-refractivity contribution in [3.63, 3.8) is 0 Å². The van der Waals surface area contributed by atoms with E-state index in [-0.39, 0.29) is 144 Å². The molecule has 0 saturated heterocycles. The largest absolute Gasteiger partial charge is 0.512 e. The maximum absolute atomic E-state index is 13.3. The number of allylic oxidation sites excluding steroid dienone is 4. The first-order valence-corrected chi connectivity index (χ1v) is 45.5. The molecule has 757 valence electrons. The van der Waals surface area contributed by atoms with Crippen molar-refractivity contribution in [1.82, 2.24) is 44.9 Å². The van der Waals surface area contributed by atoms with Gasteiger partial charge in [0.15, 0.2) is 11.6 Å². The van der Waals surface area contributed by atoms with Crippen molar-refractivity contribution in [2.45, 2.75) is 63.3 Å². The summed E-state index contributed by atoms with van der Waals surface area (Å²) < 4.78 is 25.3. The number of carbonyl (C=O) groups is 2. The Balaban J connectivity index is 0.000000226. The van der Waals surface area contributed by atoms with Crippen molar-refractivity contribution < 1.29 is 134 Å². The summed E-state index contributed by atoms with van der Waals surface area (Å²) in [6.07, 6.45) is 18.5. The SMILES string of the molecule is C.C.CC(=O)C=C(C)O.CC(=O)C=C(C)O.Cc1cc(-c2ccccn2)[c-]c2ccccc12.Cc1cc(-c2nccc3ccccc23)[c-]cc1F.Cc1ccnc(-c2[c-]ccc3c2oc2ccccc23)c1.[Ir].[Ir].[Ir].[Ir].[Ir].[c-]1ccc2c(oc3ccccc32)c1-c1ccccn1.[c-]1ccccc1-c1cc(-c2ccccn2)ccn1.[c-]1ccccc1-c1ccccn1.[c-]1ccccc1-c1ccccn1.[c-]1ccccc1-c1ccccn1. The van der Waals surface area contributed by atoms with E-state index in [9.17, 15) is 14.0 Å². The molecule has 0 atom stereocenters. The fourth-order valence-electron chi connectivity index (χ4n) is 14.7. The quantitative estimate of drug-likeness (QED) is 0.0699. The van der Waals surface area contributed by atoms with E-state index < -0.39 is 0 Å². The number of furan rings is 2. The van der Waals surface area contributed by atoms with Crippen molar-refractivity contribution >= 4 is 77.0 Å². The molecule has 15 nitrogen and oxygen atoms in total. The Kier molecular flexibility index (Phi) is 51.3. The van der Waals surface area contributed by atoms with Gasteiger partial charge in [0.1, 0.15) is 11.2 Å². The van der Waals surface area contributed by atoms with Crippen LogP contribution in [0.2, 0.25) is 0 Å². The van der Waals surface area contributed by atoms with Crippen molar-refractivity contribution in [3.05, 3.63) is 527 Å². The number of benzene rings is 12. The van der Waals surface area contributed by atoms with E-state index in [4.69, 9.17) is 19.0 Å². The normalized spacial score (nSPS) is 10.1. The first kappa shape index (κ1) is 121. The average Bonchev–Trinajstić information content (AvgIpc) is 1.62. The van der Waals surface area contributed by atoms with E-state index >= 15 is 0 Å². The third kappa shape index (κ3) is 35.8. The fraction of sp³-hybridized carbons (Fsp3) is 0.0703. The molecule has 0 amide bonds. The van der Waals surface area contributed by atoms with Crippen LogP contribution < -0.4 is 0 Å². The van der Waals surface area contributed by atoms with Gasteiger partial charge in [0.05, 0.1) is 28.4 Å². The van der Waals surface area contributed by atoms with Crippen molar-refractivity contribution in [2.24, 2.45) is 0 Å². The van der Waals surface area contributed by atoms with Crippen LogP contribution in [-0.2, 0) is 110 Å². The number of aromatic nitrogens is 9. The number of nitrogens with zero attached hydrogens (tertiary/aromatic N) is 9. The smallest absolute Gasteiger partial charge is 0.155 e. The molecule has 0 aliphatic heterocycles. The van der Waals surface area contributed by atoms with Crippen LogP contribution in [0.25, 0.3) is 167 Å². The van der Waals surface area contributed by atoms with Crippen LogP contribution in [0.5, 0.6) is 0 Å². The molecule has 11 heterocycles. The molecule has 0 aliphatic rings. The monoisotopic (exact) mass is 2850 g/mol. The fourth-order valence-corrected chi connectivity index (χ4v) is 14.7. The Morgan fingerprint density at radius 3 is 1.07 bits per heavy atom. The van der Waals surface area contributed by atoms with E-state index in [1.807, 2.05) is 334 Å². The van der Waals surface area contributed by atoms with Gasteiger partial charge in [0, 0.05) is 191 Å². The molecule has 23 rings (SSSR count). The molecule has 0 unspecified atom stereocenters. The van der Waals surface area contributed by atoms with Crippen LogP contribution in [0.4, 0.5) is 4.39 Å².